The highest BCUT2D eigenvalue weighted by molar-refractivity contribution is 5.92. The van der Waals surface area contributed by atoms with E-state index in [1.54, 1.807) is 12.1 Å². The van der Waals surface area contributed by atoms with Gasteiger partial charge in [-0.2, -0.15) is 0 Å². The van der Waals surface area contributed by atoms with Crippen molar-refractivity contribution >= 4 is 11.9 Å². The van der Waals surface area contributed by atoms with Crippen molar-refractivity contribution in [3.8, 4) is 0 Å². The van der Waals surface area contributed by atoms with Gasteiger partial charge in [0.25, 0.3) is 5.91 Å². The van der Waals surface area contributed by atoms with Crippen LogP contribution in [-0.2, 0) is 32.2 Å². The van der Waals surface area contributed by atoms with Crippen molar-refractivity contribution < 1.29 is 28.9 Å². The summed E-state index contributed by atoms with van der Waals surface area (Å²) in [6.07, 6.45) is 1.80. The molecule has 1 fully saturated rings. The van der Waals surface area contributed by atoms with Gasteiger partial charge in [-0.25, -0.2) is 4.79 Å². The maximum atomic E-state index is 13.3. The van der Waals surface area contributed by atoms with Gasteiger partial charge in [0.2, 0.25) is 6.29 Å². The minimum atomic E-state index is -0.603. The van der Waals surface area contributed by atoms with E-state index in [9.17, 15) is 14.7 Å². The fraction of sp³-hybridized carbons (Fsp3) is 0.407. The highest BCUT2D eigenvalue weighted by Crippen LogP contribution is 2.33. The quantitative estimate of drug-likeness (QED) is 0.610. The van der Waals surface area contributed by atoms with E-state index in [-0.39, 0.29) is 18.4 Å². The molecule has 0 bridgehead atoms. The van der Waals surface area contributed by atoms with Crippen molar-refractivity contribution in [1.82, 2.24) is 9.80 Å². The minimum Gasteiger partial charge on any atom is -0.465 e. The molecule has 0 radical (unpaired) electrons. The maximum absolute atomic E-state index is 13.3. The molecule has 35 heavy (non-hydrogen) atoms. The summed E-state index contributed by atoms with van der Waals surface area (Å²) in [4.78, 5) is 29.1. The van der Waals surface area contributed by atoms with Crippen LogP contribution in [0, 0.1) is 0 Å². The lowest BCUT2D eigenvalue weighted by molar-refractivity contribution is -0.156. The number of piperazine rings is 1. The number of esters is 1. The zero-order chi connectivity index (χ0) is 24.8. The lowest BCUT2D eigenvalue weighted by Gasteiger charge is -2.35. The number of amides is 1. The number of aliphatic hydroxyl groups is 1. The number of benzene rings is 2. The molecule has 2 atom stereocenters. The third kappa shape index (κ3) is 6.28. The van der Waals surface area contributed by atoms with Crippen LogP contribution >= 0.6 is 0 Å². The van der Waals surface area contributed by atoms with Gasteiger partial charge in [0, 0.05) is 38.5 Å². The van der Waals surface area contributed by atoms with Crippen molar-refractivity contribution in [1.29, 1.82) is 0 Å². The van der Waals surface area contributed by atoms with Crippen LogP contribution in [0.3, 0.4) is 0 Å². The minimum absolute atomic E-state index is 0.00806. The van der Waals surface area contributed by atoms with Crippen molar-refractivity contribution in [3.63, 3.8) is 0 Å². The molecule has 1 amide bonds. The van der Waals surface area contributed by atoms with Crippen molar-refractivity contribution in [3.05, 3.63) is 82.6 Å². The summed E-state index contributed by atoms with van der Waals surface area (Å²) in [5.41, 5.74) is 3.22. The predicted octanol–water partition coefficient (Wildman–Crippen LogP) is 2.67. The molecular formula is C27H32N2O6. The number of methoxy groups -OCH3 is 1. The van der Waals surface area contributed by atoms with E-state index in [0.717, 1.165) is 29.8 Å². The number of aliphatic hydroxyl groups excluding tert-OH is 1. The number of rotatable bonds is 7. The number of nitrogens with zero attached hydrogens (tertiary/aromatic N) is 2. The molecule has 2 aliphatic rings. The van der Waals surface area contributed by atoms with Crippen LogP contribution in [0.2, 0.25) is 0 Å². The first-order valence-corrected chi connectivity index (χ1v) is 11.8. The molecule has 8 nitrogen and oxygen atoms in total. The molecule has 0 aromatic heterocycles. The summed E-state index contributed by atoms with van der Waals surface area (Å²) < 4.78 is 16.9. The van der Waals surface area contributed by atoms with Crippen LogP contribution in [0.25, 0.3) is 0 Å². The second kappa shape index (κ2) is 11.5. The molecule has 2 aromatic rings. The van der Waals surface area contributed by atoms with E-state index in [4.69, 9.17) is 14.2 Å². The van der Waals surface area contributed by atoms with Crippen LogP contribution in [-0.4, -0.2) is 73.4 Å². The number of hydrogen-bond acceptors (Lipinski definition) is 7. The molecule has 4 rings (SSSR count). The van der Waals surface area contributed by atoms with E-state index in [0.29, 0.717) is 37.4 Å². The van der Waals surface area contributed by atoms with Gasteiger partial charge in [0.1, 0.15) is 0 Å². The van der Waals surface area contributed by atoms with Crippen molar-refractivity contribution in [2.24, 2.45) is 0 Å². The molecule has 1 N–H and O–H groups in total. The second-order valence-electron chi connectivity index (χ2n) is 8.92. The number of hydrogen-bond donors (Lipinski definition) is 1. The first kappa shape index (κ1) is 24.9. The van der Waals surface area contributed by atoms with Gasteiger partial charge in [-0.1, -0.05) is 36.4 Å². The standard InChI is InChI=1S/C27H32N2O6/c1-28-11-13-29(14-12-28)26(31)24-15-23(21-7-9-22(10-8-21)27(32)33-2)16-25(35-24)34-18-20-5-3-19(17-30)4-6-20/h3-10,15,23,25,30H,11-14,16-18H2,1-2H3/t23-,25+/m0/s1. The fourth-order valence-corrected chi connectivity index (χ4v) is 4.22. The molecule has 186 valence electrons. The highest BCUT2D eigenvalue weighted by Gasteiger charge is 2.32. The van der Waals surface area contributed by atoms with Crippen LogP contribution < -0.4 is 0 Å². The van der Waals surface area contributed by atoms with Crippen LogP contribution in [0.4, 0.5) is 0 Å². The molecule has 1 saturated heterocycles. The van der Waals surface area contributed by atoms with Gasteiger partial charge in [-0.3, -0.25) is 4.79 Å². The van der Waals surface area contributed by atoms with E-state index >= 15 is 0 Å². The largest absolute Gasteiger partial charge is 0.465 e. The molecule has 0 spiro atoms. The summed E-state index contributed by atoms with van der Waals surface area (Å²) in [6, 6.07) is 14.7. The molecule has 0 unspecified atom stereocenters. The zero-order valence-electron chi connectivity index (χ0n) is 20.2. The van der Waals surface area contributed by atoms with Gasteiger partial charge in [0.05, 0.1) is 25.9 Å². The van der Waals surface area contributed by atoms with E-state index < -0.39 is 12.3 Å². The summed E-state index contributed by atoms with van der Waals surface area (Å²) in [5, 5.41) is 9.24. The Morgan fingerprint density at radius 1 is 1.00 bits per heavy atom. The Balaban J connectivity index is 1.51. The lowest BCUT2D eigenvalue weighted by Crippen LogP contribution is -2.48. The number of carbonyl (C=O) groups excluding carboxylic acids is 2. The highest BCUT2D eigenvalue weighted by atomic mass is 16.7. The van der Waals surface area contributed by atoms with Crippen LogP contribution in [0.5, 0.6) is 0 Å². The Morgan fingerprint density at radius 2 is 1.66 bits per heavy atom. The number of carbonyl (C=O) groups is 2. The summed E-state index contributed by atoms with van der Waals surface area (Å²) in [6.45, 7) is 3.25. The molecule has 0 saturated carbocycles. The summed E-state index contributed by atoms with van der Waals surface area (Å²) in [7, 11) is 3.40. The molecular weight excluding hydrogens is 448 g/mol. The first-order valence-electron chi connectivity index (χ1n) is 11.8. The first-order chi connectivity index (χ1) is 17.0. The Bertz CT molecular complexity index is 1040. The van der Waals surface area contributed by atoms with Crippen molar-refractivity contribution in [2.45, 2.75) is 31.8 Å². The molecule has 0 aliphatic carbocycles. The molecule has 2 heterocycles. The molecule has 2 aliphatic heterocycles. The molecule has 8 heteroatoms. The van der Waals surface area contributed by atoms with E-state index in [1.165, 1.54) is 7.11 Å². The van der Waals surface area contributed by atoms with E-state index in [2.05, 4.69) is 4.90 Å². The Hall–Kier alpha value is -3.20. The smallest absolute Gasteiger partial charge is 0.337 e. The number of likely N-dealkylation sites (N-methyl/N-ethyl adjacent to an activating group) is 1. The van der Waals surface area contributed by atoms with Crippen LogP contribution in [0.15, 0.2) is 60.4 Å². The molecule has 2 aromatic carbocycles. The van der Waals surface area contributed by atoms with Gasteiger partial charge < -0.3 is 29.1 Å². The van der Waals surface area contributed by atoms with Gasteiger partial charge in [-0.15, -0.1) is 0 Å². The van der Waals surface area contributed by atoms with Crippen molar-refractivity contribution in [2.75, 3.05) is 40.3 Å². The maximum Gasteiger partial charge on any atom is 0.337 e. The Morgan fingerprint density at radius 3 is 2.29 bits per heavy atom. The van der Waals surface area contributed by atoms with Gasteiger partial charge in [-0.05, 0) is 41.9 Å². The number of allylic oxidation sites excluding steroid dienone is 1. The summed E-state index contributed by atoms with van der Waals surface area (Å²) in [5.74, 6) is -0.333. The van der Waals surface area contributed by atoms with Gasteiger partial charge in [0.15, 0.2) is 5.76 Å². The normalized spacial score (nSPS) is 20.7. The number of ether oxygens (including phenoxy) is 3. The summed E-state index contributed by atoms with van der Waals surface area (Å²) >= 11 is 0. The monoisotopic (exact) mass is 480 g/mol. The van der Waals surface area contributed by atoms with E-state index in [1.807, 2.05) is 54.4 Å². The lowest BCUT2D eigenvalue weighted by atomic mass is 9.92. The zero-order valence-corrected chi connectivity index (χ0v) is 20.2. The Labute approximate surface area is 205 Å². The third-order valence-corrected chi connectivity index (χ3v) is 6.46. The topological polar surface area (TPSA) is 88.5 Å². The average molecular weight is 481 g/mol. The average Bonchev–Trinajstić information content (AvgIpc) is 2.91. The van der Waals surface area contributed by atoms with Gasteiger partial charge >= 0.3 is 5.97 Å². The Kier molecular flexibility index (Phi) is 8.17. The predicted molar refractivity (Wildman–Crippen MR) is 129 cm³/mol. The fourth-order valence-electron chi connectivity index (χ4n) is 4.22. The second-order valence-corrected chi connectivity index (χ2v) is 8.92. The SMILES string of the molecule is COC(=O)c1ccc([C@H]2C=C(C(=O)N3CCN(C)CC3)O[C@@H](OCc3ccc(CO)cc3)C2)cc1. The third-order valence-electron chi connectivity index (χ3n) is 6.46. The van der Waals surface area contributed by atoms with Crippen LogP contribution in [0.1, 0.15) is 39.4 Å².